The molecule has 0 saturated carbocycles. The molecule has 0 radical (unpaired) electrons. The van der Waals surface area contributed by atoms with Crippen LogP contribution in [0.5, 0.6) is 5.75 Å². The molecule has 98 valence electrons. The summed E-state index contributed by atoms with van der Waals surface area (Å²) < 4.78 is 5.14. The molecule has 0 amide bonds. The van der Waals surface area contributed by atoms with Gasteiger partial charge in [0.05, 0.1) is 4.92 Å². The normalized spacial score (nSPS) is 10.1. The maximum Gasteiger partial charge on any atom is 0.341 e. The number of non-ortho nitro benzene ring substituents is 1. The van der Waals surface area contributed by atoms with Gasteiger partial charge >= 0.3 is 5.97 Å². The van der Waals surface area contributed by atoms with Gasteiger partial charge in [-0.1, -0.05) is 0 Å². The number of carboxylic acid groups (broad SMARTS) is 1. The van der Waals surface area contributed by atoms with E-state index < -0.39 is 17.5 Å². The molecule has 19 heavy (non-hydrogen) atoms. The number of rotatable bonds is 5. The molecule has 6 nitrogen and oxygen atoms in total. The van der Waals surface area contributed by atoms with Crippen LogP contribution in [-0.4, -0.2) is 22.6 Å². The highest BCUT2D eigenvalue weighted by molar-refractivity contribution is 7.08. The van der Waals surface area contributed by atoms with Crippen molar-refractivity contribution in [3.05, 3.63) is 45.1 Å². The van der Waals surface area contributed by atoms with Crippen molar-refractivity contribution in [1.82, 2.24) is 0 Å². The molecule has 0 bridgehead atoms. The van der Waals surface area contributed by atoms with E-state index in [0.717, 1.165) is 5.56 Å². The zero-order valence-electron chi connectivity index (χ0n) is 9.61. The average molecular weight is 279 g/mol. The first-order valence-electron chi connectivity index (χ1n) is 5.23. The first-order valence-corrected chi connectivity index (χ1v) is 6.18. The molecule has 0 spiro atoms. The molecule has 0 saturated heterocycles. The minimum absolute atomic E-state index is 0.0659. The van der Waals surface area contributed by atoms with Crippen molar-refractivity contribution in [2.75, 3.05) is 6.61 Å². The Morgan fingerprint density at radius 1 is 1.42 bits per heavy atom. The Morgan fingerprint density at radius 3 is 2.79 bits per heavy atom. The maximum atomic E-state index is 10.8. The summed E-state index contributed by atoms with van der Waals surface area (Å²) in [6, 6.07) is 5.86. The van der Waals surface area contributed by atoms with Gasteiger partial charge in [-0.25, -0.2) is 4.79 Å². The van der Waals surface area contributed by atoms with Crippen LogP contribution in [0, 0.1) is 10.1 Å². The molecule has 0 aliphatic carbocycles. The molecular weight excluding hydrogens is 270 g/mol. The molecule has 0 atom stereocenters. The Morgan fingerprint density at radius 2 is 2.21 bits per heavy atom. The first kappa shape index (κ1) is 13.0. The van der Waals surface area contributed by atoms with Crippen molar-refractivity contribution in [2.45, 2.75) is 0 Å². The van der Waals surface area contributed by atoms with Crippen molar-refractivity contribution in [2.24, 2.45) is 0 Å². The molecule has 0 unspecified atom stereocenters. The van der Waals surface area contributed by atoms with Gasteiger partial charge in [-0.3, -0.25) is 10.1 Å². The van der Waals surface area contributed by atoms with E-state index in [1.54, 1.807) is 6.07 Å². The lowest BCUT2D eigenvalue weighted by Crippen LogP contribution is -2.10. The van der Waals surface area contributed by atoms with Gasteiger partial charge in [-0.05, 0) is 28.5 Å². The van der Waals surface area contributed by atoms with Gasteiger partial charge in [0, 0.05) is 17.7 Å². The minimum atomic E-state index is -1.10. The molecule has 1 N–H and O–H groups in total. The molecule has 0 fully saturated rings. The second-order valence-corrected chi connectivity index (χ2v) is 4.41. The SMILES string of the molecule is O=C(O)COc1ccc([N+](=O)[O-])cc1-c1ccsc1. The lowest BCUT2D eigenvalue weighted by atomic mass is 10.1. The Balaban J connectivity index is 2.42. The molecular formula is C12H9NO5S. The van der Waals surface area contributed by atoms with E-state index in [9.17, 15) is 14.9 Å². The fourth-order valence-electron chi connectivity index (χ4n) is 1.54. The first-order chi connectivity index (χ1) is 9.08. The second-order valence-electron chi connectivity index (χ2n) is 3.63. The van der Waals surface area contributed by atoms with Crippen molar-refractivity contribution in [3.8, 4) is 16.9 Å². The number of nitrogens with zero attached hydrogens (tertiary/aromatic N) is 1. The fraction of sp³-hybridized carbons (Fsp3) is 0.0833. The van der Waals surface area contributed by atoms with E-state index in [2.05, 4.69) is 0 Å². The maximum absolute atomic E-state index is 10.8. The summed E-state index contributed by atoms with van der Waals surface area (Å²) in [7, 11) is 0. The highest BCUT2D eigenvalue weighted by atomic mass is 32.1. The van der Waals surface area contributed by atoms with Gasteiger partial charge in [0.1, 0.15) is 5.75 Å². The van der Waals surface area contributed by atoms with E-state index in [0.29, 0.717) is 11.3 Å². The van der Waals surface area contributed by atoms with Crippen LogP contribution < -0.4 is 4.74 Å². The molecule has 1 aromatic carbocycles. The van der Waals surface area contributed by atoms with Crippen LogP contribution in [0.25, 0.3) is 11.1 Å². The molecule has 2 rings (SSSR count). The number of ether oxygens (including phenoxy) is 1. The summed E-state index contributed by atoms with van der Waals surface area (Å²) in [5.74, 6) is -0.791. The monoisotopic (exact) mass is 279 g/mol. The second kappa shape index (κ2) is 5.49. The third kappa shape index (κ3) is 3.08. The van der Waals surface area contributed by atoms with Gasteiger partial charge < -0.3 is 9.84 Å². The van der Waals surface area contributed by atoms with Crippen LogP contribution in [0.1, 0.15) is 0 Å². The predicted octanol–water partition coefficient (Wildman–Crippen LogP) is 2.79. The molecule has 7 heteroatoms. The topological polar surface area (TPSA) is 89.7 Å². The molecule has 1 heterocycles. The third-order valence-corrected chi connectivity index (χ3v) is 3.04. The predicted molar refractivity (Wildman–Crippen MR) is 69.5 cm³/mol. The summed E-state index contributed by atoms with van der Waals surface area (Å²) in [6.45, 7) is -0.491. The zero-order valence-corrected chi connectivity index (χ0v) is 10.4. The van der Waals surface area contributed by atoms with Gasteiger partial charge in [-0.15, -0.1) is 0 Å². The Bertz CT molecular complexity index is 609. The number of carbonyl (C=O) groups is 1. The van der Waals surface area contributed by atoms with E-state index >= 15 is 0 Å². The zero-order chi connectivity index (χ0) is 13.8. The van der Waals surface area contributed by atoms with Gasteiger partial charge in [-0.2, -0.15) is 11.3 Å². The number of aliphatic carboxylic acids is 1. The number of nitro benzene ring substituents is 1. The molecule has 0 aliphatic rings. The largest absolute Gasteiger partial charge is 0.481 e. The number of nitro groups is 1. The van der Waals surface area contributed by atoms with Crippen LogP contribution in [0.3, 0.4) is 0 Å². The van der Waals surface area contributed by atoms with Gasteiger partial charge in [0.25, 0.3) is 5.69 Å². The molecule has 0 aliphatic heterocycles. The molecule has 2 aromatic rings. The summed E-state index contributed by atoms with van der Waals surface area (Å²) in [6.07, 6.45) is 0. The highest BCUT2D eigenvalue weighted by Crippen LogP contribution is 2.34. The van der Waals surface area contributed by atoms with Crippen molar-refractivity contribution >= 4 is 23.0 Å². The summed E-state index contributed by atoms with van der Waals surface area (Å²) >= 11 is 1.44. The summed E-state index contributed by atoms with van der Waals surface area (Å²) in [4.78, 5) is 20.8. The fourth-order valence-corrected chi connectivity index (χ4v) is 2.20. The van der Waals surface area contributed by atoms with E-state index in [1.807, 2.05) is 10.8 Å². The van der Waals surface area contributed by atoms with E-state index in [-0.39, 0.29) is 5.69 Å². The van der Waals surface area contributed by atoms with Crippen molar-refractivity contribution in [1.29, 1.82) is 0 Å². The number of carboxylic acids is 1. The lowest BCUT2D eigenvalue weighted by Gasteiger charge is -2.08. The van der Waals surface area contributed by atoms with E-state index in [4.69, 9.17) is 9.84 Å². The minimum Gasteiger partial charge on any atom is -0.481 e. The average Bonchev–Trinajstić information content (AvgIpc) is 2.89. The van der Waals surface area contributed by atoms with Crippen LogP contribution in [0.2, 0.25) is 0 Å². The van der Waals surface area contributed by atoms with Crippen LogP contribution in [0.4, 0.5) is 5.69 Å². The molecule has 1 aromatic heterocycles. The highest BCUT2D eigenvalue weighted by Gasteiger charge is 2.14. The standard InChI is InChI=1S/C12H9NO5S/c14-12(15)6-18-11-2-1-9(13(16)17)5-10(11)8-3-4-19-7-8/h1-5,7H,6H2,(H,14,15). The van der Waals surface area contributed by atoms with Crippen molar-refractivity contribution in [3.63, 3.8) is 0 Å². The smallest absolute Gasteiger partial charge is 0.341 e. The van der Waals surface area contributed by atoms with E-state index in [1.165, 1.54) is 29.5 Å². The number of thiophene rings is 1. The summed E-state index contributed by atoms with van der Waals surface area (Å²) in [5.41, 5.74) is 1.20. The number of hydrogen-bond donors (Lipinski definition) is 1. The Kier molecular flexibility index (Phi) is 3.76. The van der Waals surface area contributed by atoms with Crippen LogP contribution in [0.15, 0.2) is 35.0 Å². The Hall–Kier alpha value is -2.41. The van der Waals surface area contributed by atoms with Crippen LogP contribution in [-0.2, 0) is 4.79 Å². The Labute approximate surface area is 112 Å². The summed E-state index contributed by atoms with van der Waals surface area (Å²) in [5, 5.41) is 23.0. The quantitative estimate of drug-likeness (QED) is 0.671. The third-order valence-electron chi connectivity index (χ3n) is 2.36. The lowest BCUT2D eigenvalue weighted by molar-refractivity contribution is -0.384. The van der Waals surface area contributed by atoms with Gasteiger partial charge in [0.15, 0.2) is 6.61 Å². The van der Waals surface area contributed by atoms with Gasteiger partial charge in [0.2, 0.25) is 0 Å². The van der Waals surface area contributed by atoms with Crippen molar-refractivity contribution < 1.29 is 19.6 Å². The van der Waals surface area contributed by atoms with Crippen LogP contribution >= 0.6 is 11.3 Å². The number of benzene rings is 1. The number of hydrogen-bond acceptors (Lipinski definition) is 5.